The first-order chi connectivity index (χ1) is 9.15. The molecular formula is C16H22ClNO. The Morgan fingerprint density at radius 2 is 1.89 bits per heavy atom. The second-order valence-corrected chi connectivity index (χ2v) is 6.16. The molecule has 1 aliphatic carbocycles. The number of halogens is 1. The molecule has 1 aromatic rings. The van der Waals surface area contributed by atoms with E-state index in [2.05, 4.69) is 0 Å². The minimum atomic E-state index is 0.0522. The third-order valence-electron chi connectivity index (χ3n) is 4.26. The van der Waals surface area contributed by atoms with Crippen LogP contribution >= 0.6 is 11.6 Å². The Labute approximate surface area is 120 Å². The summed E-state index contributed by atoms with van der Waals surface area (Å²) in [5.41, 5.74) is 6.91. The van der Waals surface area contributed by atoms with Crippen molar-refractivity contribution >= 4 is 17.4 Å². The minimum absolute atomic E-state index is 0.0522. The van der Waals surface area contributed by atoms with E-state index in [1.54, 1.807) is 0 Å². The summed E-state index contributed by atoms with van der Waals surface area (Å²) in [7, 11) is 0. The van der Waals surface area contributed by atoms with Gasteiger partial charge in [-0.25, -0.2) is 0 Å². The van der Waals surface area contributed by atoms with Gasteiger partial charge in [0.05, 0.1) is 0 Å². The van der Waals surface area contributed by atoms with Crippen LogP contribution in [0.3, 0.4) is 0 Å². The van der Waals surface area contributed by atoms with Gasteiger partial charge in [-0.15, -0.1) is 0 Å². The first-order valence-electron chi connectivity index (χ1n) is 7.10. The molecule has 19 heavy (non-hydrogen) atoms. The highest BCUT2D eigenvalue weighted by molar-refractivity contribution is 6.31. The van der Waals surface area contributed by atoms with E-state index in [9.17, 15) is 4.79 Å². The molecule has 0 bridgehead atoms. The maximum absolute atomic E-state index is 12.3. The van der Waals surface area contributed by atoms with E-state index in [1.165, 1.54) is 19.3 Å². The van der Waals surface area contributed by atoms with E-state index >= 15 is 0 Å². The summed E-state index contributed by atoms with van der Waals surface area (Å²) in [6.45, 7) is 0.626. The van der Waals surface area contributed by atoms with Crippen LogP contribution in [0, 0.1) is 5.41 Å². The van der Waals surface area contributed by atoms with Crippen LogP contribution in [0.2, 0.25) is 5.02 Å². The van der Waals surface area contributed by atoms with Crippen LogP contribution in [0.25, 0.3) is 0 Å². The minimum Gasteiger partial charge on any atom is -0.330 e. The summed E-state index contributed by atoms with van der Waals surface area (Å²) in [6, 6.07) is 7.58. The fourth-order valence-corrected chi connectivity index (χ4v) is 3.29. The number of carbonyl (C=O) groups is 1. The monoisotopic (exact) mass is 279 g/mol. The zero-order chi connectivity index (χ0) is 13.7. The Balaban J connectivity index is 1.98. The average Bonchev–Trinajstić information content (AvgIpc) is 2.42. The lowest BCUT2D eigenvalue weighted by Crippen LogP contribution is -2.35. The van der Waals surface area contributed by atoms with Crippen molar-refractivity contribution in [3.63, 3.8) is 0 Å². The highest BCUT2D eigenvalue weighted by Crippen LogP contribution is 2.38. The lowest BCUT2D eigenvalue weighted by atomic mass is 9.70. The van der Waals surface area contributed by atoms with Crippen LogP contribution in [-0.2, 0) is 11.2 Å². The van der Waals surface area contributed by atoms with Crippen LogP contribution in [0.5, 0.6) is 0 Å². The quantitative estimate of drug-likeness (QED) is 0.892. The molecule has 0 radical (unpaired) electrons. The van der Waals surface area contributed by atoms with Crippen molar-refractivity contribution in [2.45, 2.75) is 44.9 Å². The van der Waals surface area contributed by atoms with Crippen LogP contribution in [0.4, 0.5) is 0 Å². The Morgan fingerprint density at radius 3 is 2.53 bits per heavy atom. The normalized spacial score (nSPS) is 18.2. The van der Waals surface area contributed by atoms with Gasteiger partial charge in [-0.05, 0) is 36.4 Å². The molecule has 1 aliphatic rings. The molecule has 104 valence electrons. The lowest BCUT2D eigenvalue weighted by molar-refractivity contribution is -0.121. The molecule has 1 aromatic carbocycles. The number of hydrogen-bond acceptors (Lipinski definition) is 2. The van der Waals surface area contributed by atoms with Crippen LogP contribution in [0.1, 0.15) is 44.1 Å². The van der Waals surface area contributed by atoms with Crippen molar-refractivity contribution < 1.29 is 4.79 Å². The predicted octanol–water partition coefficient (Wildman–Crippen LogP) is 3.75. The Kier molecular flexibility index (Phi) is 5.00. The van der Waals surface area contributed by atoms with E-state index in [-0.39, 0.29) is 11.2 Å². The molecule has 0 heterocycles. The molecule has 2 nitrogen and oxygen atoms in total. The molecule has 0 amide bonds. The highest BCUT2D eigenvalue weighted by atomic mass is 35.5. The third-order valence-corrected chi connectivity index (χ3v) is 4.63. The summed E-state index contributed by atoms with van der Waals surface area (Å²) >= 11 is 6.10. The predicted molar refractivity (Wildman–Crippen MR) is 79.4 cm³/mol. The first kappa shape index (κ1) is 14.5. The van der Waals surface area contributed by atoms with E-state index in [1.807, 2.05) is 24.3 Å². The molecular weight excluding hydrogens is 258 g/mol. The average molecular weight is 280 g/mol. The van der Waals surface area contributed by atoms with Crippen LogP contribution < -0.4 is 5.73 Å². The van der Waals surface area contributed by atoms with Gasteiger partial charge in [-0.2, -0.15) is 0 Å². The topological polar surface area (TPSA) is 43.1 Å². The molecule has 0 saturated heterocycles. The number of ketones is 1. The molecule has 0 aromatic heterocycles. The smallest absolute Gasteiger partial charge is 0.137 e. The molecule has 1 saturated carbocycles. The number of benzene rings is 1. The number of hydrogen-bond donors (Lipinski definition) is 1. The van der Waals surface area contributed by atoms with Gasteiger partial charge in [0.2, 0.25) is 0 Å². The Bertz CT molecular complexity index is 438. The fraction of sp³-hybridized carbons (Fsp3) is 0.562. The summed E-state index contributed by atoms with van der Waals surface area (Å²) in [6.07, 6.45) is 6.92. The van der Waals surface area contributed by atoms with E-state index in [0.717, 1.165) is 18.4 Å². The van der Waals surface area contributed by atoms with Gasteiger partial charge in [0.1, 0.15) is 5.78 Å². The third kappa shape index (κ3) is 3.80. The number of Topliss-reactive ketones (excluding diaryl/α,β-unsaturated/α-hetero) is 1. The highest BCUT2D eigenvalue weighted by Gasteiger charge is 2.32. The molecule has 0 spiro atoms. The summed E-state index contributed by atoms with van der Waals surface area (Å²) in [5, 5.41) is 0.682. The molecule has 1 fully saturated rings. The van der Waals surface area contributed by atoms with Crippen molar-refractivity contribution in [1.82, 2.24) is 0 Å². The van der Waals surface area contributed by atoms with Gasteiger partial charge in [0.15, 0.2) is 0 Å². The van der Waals surface area contributed by atoms with Crippen molar-refractivity contribution in [1.29, 1.82) is 0 Å². The van der Waals surface area contributed by atoms with E-state index < -0.39 is 0 Å². The first-order valence-corrected chi connectivity index (χ1v) is 7.48. The largest absolute Gasteiger partial charge is 0.330 e. The van der Waals surface area contributed by atoms with E-state index in [4.69, 9.17) is 17.3 Å². The molecule has 3 heteroatoms. The summed E-state index contributed by atoms with van der Waals surface area (Å²) < 4.78 is 0. The molecule has 0 unspecified atom stereocenters. The Hall–Kier alpha value is -0.860. The van der Waals surface area contributed by atoms with Crippen molar-refractivity contribution in [2.75, 3.05) is 6.54 Å². The molecule has 0 atom stereocenters. The van der Waals surface area contributed by atoms with Crippen molar-refractivity contribution in [2.24, 2.45) is 11.1 Å². The zero-order valence-corrected chi connectivity index (χ0v) is 12.1. The fourth-order valence-electron chi connectivity index (χ4n) is 3.09. The van der Waals surface area contributed by atoms with Gasteiger partial charge in [0.25, 0.3) is 0 Å². The van der Waals surface area contributed by atoms with Gasteiger partial charge >= 0.3 is 0 Å². The number of nitrogens with two attached hydrogens (primary N) is 1. The SMILES string of the molecule is NCC1(CC(=O)Cc2ccccc2Cl)CCCCC1. The zero-order valence-electron chi connectivity index (χ0n) is 11.3. The number of carbonyl (C=O) groups excluding carboxylic acids is 1. The maximum Gasteiger partial charge on any atom is 0.137 e. The molecule has 2 N–H and O–H groups in total. The summed E-state index contributed by atoms with van der Waals surface area (Å²) in [4.78, 5) is 12.3. The van der Waals surface area contributed by atoms with Gasteiger partial charge in [-0.3, -0.25) is 4.79 Å². The molecule has 2 rings (SSSR count). The van der Waals surface area contributed by atoms with Crippen molar-refractivity contribution in [3.05, 3.63) is 34.9 Å². The second kappa shape index (κ2) is 6.53. The molecule has 0 aliphatic heterocycles. The Morgan fingerprint density at radius 1 is 1.21 bits per heavy atom. The van der Waals surface area contributed by atoms with Gasteiger partial charge in [-0.1, -0.05) is 49.1 Å². The van der Waals surface area contributed by atoms with Gasteiger partial charge < -0.3 is 5.73 Å². The van der Waals surface area contributed by atoms with Crippen molar-refractivity contribution in [3.8, 4) is 0 Å². The van der Waals surface area contributed by atoms with E-state index in [0.29, 0.717) is 24.4 Å². The second-order valence-electron chi connectivity index (χ2n) is 5.75. The van der Waals surface area contributed by atoms with Crippen LogP contribution in [0.15, 0.2) is 24.3 Å². The lowest BCUT2D eigenvalue weighted by Gasteiger charge is -2.35. The number of rotatable bonds is 5. The van der Waals surface area contributed by atoms with Gasteiger partial charge in [0, 0.05) is 17.9 Å². The maximum atomic E-state index is 12.3. The standard InChI is InChI=1S/C16H22ClNO/c17-15-7-3-2-6-13(15)10-14(19)11-16(12-18)8-4-1-5-9-16/h2-3,6-7H,1,4-5,8-12,18H2. The summed E-state index contributed by atoms with van der Waals surface area (Å²) in [5.74, 6) is 0.264. The van der Waals surface area contributed by atoms with Crippen LogP contribution in [-0.4, -0.2) is 12.3 Å².